The summed E-state index contributed by atoms with van der Waals surface area (Å²) in [5.74, 6) is 0.716. The fraction of sp³-hybridized carbons (Fsp3) is 0.217. The molecule has 1 aromatic heterocycles. The van der Waals surface area contributed by atoms with Crippen LogP contribution in [0, 0.1) is 6.92 Å². The van der Waals surface area contributed by atoms with Gasteiger partial charge in [-0.1, -0.05) is 65.9 Å². The molecule has 0 aliphatic carbocycles. The number of nitrogens with zero attached hydrogens (tertiary/aromatic N) is 3. The molecule has 3 aromatic rings. The molecule has 1 atom stereocenters. The number of carbonyl (C=O) groups is 2. The predicted octanol–water partition coefficient (Wildman–Crippen LogP) is 4.24. The van der Waals surface area contributed by atoms with Crippen LogP contribution in [0.25, 0.3) is 0 Å². The third-order valence-electron chi connectivity index (χ3n) is 4.53. The van der Waals surface area contributed by atoms with E-state index in [0.29, 0.717) is 28.7 Å². The fourth-order valence-corrected chi connectivity index (χ4v) is 3.76. The molecule has 0 unspecified atom stereocenters. The second-order valence-corrected chi connectivity index (χ2v) is 7.82. The highest BCUT2D eigenvalue weighted by atomic mass is 32.2. The number of benzene rings is 2. The molecule has 2 aromatic carbocycles. The van der Waals surface area contributed by atoms with Gasteiger partial charge in [0, 0.05) is 17.7 Å². The van der Waals surface area contributed by atoms with Gasteiger partial charge in [0.25, 0.3) is 5.91 Å². The van der Waals surface area contributed by atoms with Crippen LogP contribution in [-0.4, -0.2) is 32.2 Å². The molecule has 1 heterocycles. The smallest absolute Gasteiger partial charge is 0.251 e. The maximum absolute atomic E-state index is 12.5. The molecule has 0 radical (unpaired) electrons. The van der Waals surface area contributed by atoms with Crippen LogP contribution in [0.2, 0.25) is 0 Å². The van der Waals surface area contributed by atoms with E-state index in [-0.39, 0.29) is 23.5 Å². The lowest BCUT2D eigenvalue weighted by Gasteiger charge is -2.15. The SMILES string of the molecule is C=CCn1c(SCC(=O)c2ccccc2)nnc1[C@@H](C)NC(=O)c1ccc(C)cc1. The van der Waals surface area contributed by atoms with Crippen LogP contribution in [0.15, 0.2) is 72.4 Å². The number of amides is 1. The number of hydrogen-bond donors (Lipinski definition) is 1. The van der Waals surface area contributed by atoms with Crippen molar-refractivity contribution in [2.45, 2.75) is 31.6 Å². The quantitative estimate of drug-likeness (QED) is 0.318. The zero-order chi connectivity index (χ0) is 21.5. The lowest BCUT2D eigenvalue weighted by atomic mass is 10.1. The average molecular weight is 421 g/mol. The van der Waals surface area contributed by atoms with Crippen molar-refractivity contribution in [2.75, 3.05) is 5.75 Å². The summed E-state index contributed by atoms with van der Waals surface area (Å²) in [5, 5.41) is 12.1. The molecule has 30 heavy (non-hydrogen) atoms. The van der Waals surface area contributed by atoms with E-state index in [0.717, 1.165) is 5.56 Å². The van der Waals surface area contributed by atoms with Crippen molar-refractivity contribution < 1.29 is 9.59 Å². The number of thioether (sulfide) groups is 1. The number of nitrogens with one attached hydrogen (secondary N) is 1. The van der Waals surface area contributed by atoms with Crippen molar-refractivity contribution >= 4 is 23.5 Å². The van der Waals surface area contributed by atoms with Gasteiger partial charge in [-0.15, -0.1) is 16.8 Å². The summed E-state index contributed by atoms with van der Waals surface area (Å²) in [5.41, 5.74) is 2.35. The van der Waals surface area contributed by atoms with Crippen molar-refractivity contribution in [1.82, 2.24) is 20.1 Å². The van der Waals surface area contributed by atoms with Gasteiger partial charge in [0.05, 0.1) is 11.8 Å². The highest BCUT2D eigenvalue weighted by molar-refractivity contribution is 7.99. The summed E-state index contributed by atoms with van der Waals surface area (Å²) < 4.78 is 1.87. The molecule has 0 saturated carbocycles. The van der Waals surface area contributed by atoms with Gasteiger partial charge in [-0.05, 0) is 26.0 Å². The number of carbonyl (C=O) groups excluding carboxylic acids is 2. The summed E-state index contributed by atoms with van der Waals surface area (Å²) in [6.45, 7) is 8.11. The second kappa shape index (κ2) is 10.0. The van der Waals surface area contributed by atoms with E-state index in [1.54, 1.807) is 30.3 Å². The molecule has 7 heteroatoms. The van der Waals surface area contributed by atoms with Crippen LogP contribution in [0.3, 0.4) is 0 Å². The summed E-state index contributed by atoms with van der Waals surface area (Å²) in [7, 11) is 0. The monoisotopic (exact) mass is 420 g/mol. The van der Waals surface area contributed by atoms with Crippen LogP contribution in [0.4, 0.5) is 0 Å². The lowest BCUT2D eigenvalue weighted by molar-refractivity contribution is 0.0937. The first-order chi connectivity index (χ1) is 14.5. The molecule has 154 valence electrons. The van der Waals surface area contributed by atoms with Gasteiger partial charge in [0.15, 0.2) is 16.8 Å². The minimum absolute atomic E-state index is 0.0241. The Morgan fingerprint density at radius 1 is 1.10 bits per heavy atom. The van der Waals surface area contributed by atoms with Crippen molar-refractivity contribution in [2.24, 2.45) is 0 Å². The van der Waals surface area contributed by atoms with E-state index in [9.17, 15) is 9.59 Å². The summed E-state index contributed by atoms with van der Waals surface area (Å²) in [4.78, 5) is 24.9. The van der Waals surface area contributed by atoms with Crippen LogP contribution >= 0.6 is 11.8 Å². The molecule has 1 N–H and O–H groups in total. The lowest BCUT2D eigenvalue weighted by Crippen LogP contribution is -2.28. The van der Waals surface area contributed by atoms with E-state index in [4.69, 9.17) is 0 Å². The number of aryl methyl sites for hydroxylation is 1. The maximum Gasteiger partial charge on any atom is 0.251 e. The highest BCUT2D eigenvalue weighted by Gasteiger charge is 2.20. The first-order valence-corrected chi connectivity index (χ1v) is 10.6. The van der Waals surface area contributed by atoms with Crippen molar-refractivity contribution in [3.63, 3.8) is 0 Å². The molecular weight excluding hydrogens is 396 g/mol. The third kappa shape index (κ3) is 5.24. The van der Waals surface area contributed by atoms with Gasteiger partial charge in [-0.2, -0.15) is 0 Å². The Morgan fingerprint density at radius 3 is 2.47 bits per heavy atom. The molecule has 6 nitrogen and oxygen atoms in total. The van der Waals surface area contributed by atoms with E-state index < -0.39 is 0 Å². The average Bonchev–Trinajstić information content (AvgIpc) is 3.16. The molecular formula is C23H24N4O2S. The van der Waals surface area contributed by atoms with E-state index in [2.05, 4.69) is 22.1 Å². The fourth-order valence-electron chi connectivity index (χ4n) is 2.91. The topological polar surface area (TPSA) is 76.9 Å². The summed E-state index contributed by atoms with van der Waals surface area (Å²) in [6, 6.07) is 16.2. The number of Topliss-reactive ketones (excluding diaryl/α,β-unsaturated/α-hetero) is 1. The molecule has 1 amide bonds. The zero-order valence-corrected chi connectivity index (χ0v) is 17.9. The van der Waals surface area contributed by atoms with Crippen molar-refractivity contribution in [1.29, 1.82) is 0 Å². The largest absolute Gasteiger partial charge is 0.342 e. The Labute approximate surface area is 180 Å². The summed E-state index contributed by atoms with van der Waals surface area (Å²) >= 11 is 1.32. The van der Waals surface area contributed by atoms with Crippen molar-refractivity contribution in [3.8, 4) is 0 Å². The minimum Gasteiger partial charge on any atom is -0.342 e. The molecule has 0 aliphatic rings. The molecule has 0 fully saturated rings. The summed E-state index contributed by atoms with van der Waals surface area (Å²) in [6.07, 6.45) is 1.74. The minimum atomic E-state index is -0.356. The number of hydrogen-bond acceptors (Lipinski definition) is 5. The van der Waals surface area contributed by atoms with Crippen LogP contribution in [0.5, 0.6) is 0 Å². The molecule has 0 aliphatic heterocycles. The van der Waals surface area contributed by atoms with Crippen LogP contribution in [0.1, 0.15) is 45.1 Å². The normalized spacial score (nSPS) is 11.7. The first kappa shape index (κ1) is 21.5. The van der Waals surface area contributed by atoms with Gasteiger partial charge in [-0.25, -0.2) is 0 Å². The Hall–Kier alpha value is -3.19. The van der Waals surface area contributed by atoms with Gasteiger partial charge in [0.2, 0.25) is 0 Å². The van der Waals surface area contributed by atoms with Crippen LogP contribution < -0.4 is 5.32 Å². The van der Waals surface area contributed by atoms with Crippen molar-refractivity contribution in [3.05, 3.63) is 89.8 Å². The molecule has 0 bridgehead atoms. The third-order valence-corrected chi connectivity index (χ3v) is 5.50. The van der Waals surface area contributed by atoms with E-state index >= 15 is 0 Å². The Morgan fingerprint density at radius 2 is 1.80 bits per heavy atom. The van der Waals surface area contributed by atoms with Gasteiger partial charge >= 0.3 is 0 Å². The van der Waals surface area contributed by atoms with Crippen LogP contribution in [-0.2, 0) is 6.54 Å². The van der Waals surface area contributed by atoms with E-state index in [1.165, 1.54) is 11.8 Å². The number of allylic oxidation sites excluding steroid dienone is 1. The maximum atomic E-state index is 12.5. The second-order valence-electron chi connectivity index (χ2n) is 6.88. The molecule has 0 saturated heterocycles. The number of ketones is 1. The van der Waals surface area contributed by atoms with Gasteiger partial charge < -0.3 is 9.88 Å². The molecule has 3 rings (SSSR count). The Balaban J connectivity index is 1.71. The van der Waals surface area contributed by atoms with Gasteiger partial charge in [0.1, 0.15) is 0 Å². The predicted molar refractivity (Wildman–Crippen MR) is 119 cm³/mol. The van der Waals surface area contributed by atoms with Gasteiger partial charge in [-0.3, -0.25) is 9.59 Å². The number of aromatic nitrogens is 3. The first-order valence-electron chi connectivity index (χ1n) is 9.62. The highest BCUT2D eigenvalue weighted by Crippen LogP contribution is 2.22. The van der Waals surface area contributed by atoms with E-state index in [1.807, 2.05) is 48.7 Å². The zero-order valence-electron chi connectivity index (χ0n) is 17.0. The molecule has 0 spiro atoms. The number of rotatable bonds is 9. The Bertz CT molecular complexity index is 1030. The Kier molecular flexibility index (Phi) is 7.19. The standard InChI is InChI=1S/C23H24N4O2S/c1-4-14-27-21(17(3)24-22(29)19-12-10-16(2)11-13-19)25-26-23(27)30-15-20(28)18-8-6-5-7-9-18/h4-13,17H,1,14-15H2,2-3H3,(H,24,29)/t17-/m1/s1.